The van der Waals surface area contributed by atoms with Crippen LogP contribution in [0.1, 0.15) is 38.2 Å². The minimum Gasteiger partial charge on any atom is -0.486 e. The number of hydrogen-bond acceptors (Lipinski definition) is 5. The van der Waals surface area contributed by atoms with Crippen molar-refractivity contribution in [3.8, 4) is 5.75 Å². The Hall–Kier alpha value is -2.41. The number of rotatable bonds is 8. The molecule has 1 aromatic rings. The van der Waals surface area contributed by atoms with Crippen molar-refractivity contribution in [3.63, 3.8) is 0 Å². The number of likely N-dealkylation sites (tertiary alicyclic amines) is 1. The molecule has 2 aliphatic rings. The molecule has 7 nitrogen and oxygen atoms in total. The number of carbonyl (C=O) groups is 3. The first-order chi connectivity index (χ1) is 13.6. The van der Waals surface area contributed by atoms with Gasteiger partial charge in [0.15, 0.2) is 6.29 Å². The van der Waals surface area contributed by atoms with Crippen LogP contribution in [0.15, 0.2) is 24.3 Å². The van der Waals surface area contributed by atoms with Gasteiger partial charge in [0, 0.05) is 26.2 Å². The van der Waals surface area contributed by atoms with Gasteiger partial charge in [-0.05, 0) is 37.0 Å². The van der Waals surface area contributed by atoms with Crippen LogP contribution >= 0.6 is 0 Å². The highest BCUT2D eigenvalue weighted by Gasteiger charge is 2.50. The third kappa shape index (κ3) is 4.35. The molecule has 1 aromatic carbocycles. The average molecular weight is 387 g/mol. The fourth-order valence-corrected chi connectivity index (χ4v) is 4.09. The molecule has 2 heterocycles. The number of amides is 2. The number of hydrogen-bond donors (Lipinski definition) is 1. The van der Waals surface area contributed by atoms with Gasteiger partial charge in [-0.2, -0.15) is 0 Å². The van der Waals surface area contributed by atoms with Crippen LogP contribution in [0.4, 0.5) is 0 Å². The van der Waals surface area contributed by atoms with Gasteiger partial charge in [0.25, 0.3) is 0 Å². The van der Waals surface area contributed by atoms with E-state index in [1.807, 2.05) is 29.2 Å². The van der Waals surface area contributed by atoms with E-state index in [4.69, 9.17) is 4.74 Å². The van der Waals surface area contributed by atoms with Crippen LogP contribution in [0, 0.1) is 0 Å². The largest absolute Gasteiger partial charge is 0.486 e. The van der Waals surface area contributed by atoms with E-state index < -0.39 is 5.54 Å². The molecule has 0 saturated carbocycles. The lowest BCUT2D eigenvalue weighted by Crippen LogP contribution is -2.70. The van der Waals surface area contributed by atoms with E-state index >= 15 is 0 Å². The van der Waals surface area contributed by atoms with E-state index in [2.05, 4.69) is 17.1 Å². The number of nitrogens with one attached hydrogen (secondary N) is 1. The fraction of sp³-hybridized carbons (Fsp3) is 0.571. The molecular weight excluding hydrogens is 358 g/mol. The van der Waals surface area contributed by atoms with Gasteiger partial charge >= 0.3 is 0 Å². The second-order valence-corrected chi connectivity index (χ2v) is 7.51. The molecule has 0 radical (unpaired) electrons. The van der Waals surface area contributed by atoms with Crippen molar-refractivity contribution in [2.75, 3.05) is 32.8 Å². The van der Waals surface area contributed by atoms with Gasteiger partial charge in [-0.3, -0.25) is 19.3 Å². The van der Waals surface area contributed by atoms with E-state index in [1.165, 1.54) is 0 Å². The molecule has 1 N–H and O–H groups in total. The number of carbonyl (C=O) groups excluding carboxylic acids is 3. The summed E-state index contributed by atoms with van der Waals surface area (Å²) < 4.78 is 5.28. The van der Waals surface area contributed by atoms with Gasteiger partial charge in [0.2, 0.25) is 11.8 Å². The molecule has 2 fully saturated rings. The second kappa shape index (κ2) is 9.19. The molecule has 3 rings (SSSR count). The maximum Gasteiger partial charge on any atom is 0.246 e. The molecule has 2 aliphatic heterocycles. The van der Waals surface area contributed by atoms with Gasteiger partial charge < -0.3 is 15.0 Å². The minimum absolute atomic E-state index is 0.000433. The van der Waals surface area contributed by atoms with Crippen LogP contribution in [0.25, 0.3) is 0 Å². The first kappa shape index (κ1) is 20.3. The van der Waals surface area contributed by atoms with E-state index in [-0.39, 0.29) is 25.0 Å². The number of aldehydes is 1. The number of piperidine rings is 1. The smallest absolute Gasteiger partial charge is 0.246 e. The fourth-order valence-electron chi connectivity index (χ4n) is 4.09. The third-order valence-electron chi connectivity index (χ3n) is 5.71. The average Bonchev–Trinajstić information content (AvgIpc) is 2.72. The SMILES string of the molecule is CCCCN1C(=O)CNC(=O)C12CCN(Cc1ccc(OCC=O)cc1)CC2. The number of ether oxygens (including phenoxy) is 1. The van der Waals surface area contributed by atoms with E-state index in [9.17, 15) is 14.4 Å². The number of nitrogens with zero attached hydrogens (tertiary/aromatic N) is 2. The molecule has 1 spiro atoms. The van der Waals surface area contributed by atoms with Crippen LogP contribution in [0.3, 0.4) is 0 Å². The Morgan fingerprint density at radius 3 is 2.54 bits per heavy atom. The van der Waals surface area contributed by atoms with Crippen molar-refractivity contribution in [1.82, 2.24) is 15.1 Å². The molecule has 0 atom stereocenters. The number of unbranched alkanes of at least 4 members (excludes halogenated alkanes) is 1. The highest BCUT2D eigenvalue weighted by atomic mass is 16.5. The summed E-state index contributed by atoms with van der Waals surface area (Å²) in [5.74, 6) is 0.712. The third-order valence-corrected chi connectivity index (χ3v) is 5.71. The minimum atomic E-state index is -0.687. The van der Waals surface area contributed by atoms with Gasteiger partial charge in [0.05, 0.1) is 6.54 Å². The summed E-state index contributed by atoms with van der Waals surface area (Å²) >= 11 is 0. The van der Waals surface area contributed by atoms with Crippen LogP contribution in [0.2, 0.25) is 0 Å². The summed E-state index contributed by atoms with van der Waals surface area (Å²) in [5, 5.41) is 2.80. The predicted octanol–water partition coefficient (Wildman–Crippen LogP) is 1.36. The molecular formula is C21H29N3O4. The van der Waals surface area contributed by atoms with Gasteiger partial charge in [-0.1, -0.05) is 25.5 Å². The Bertz CT molecular complexity index is 696. The van der Waals surface area contributed by atoms with Crippen molar-refractivity contribution < 1.29 is 19.1 Å². The highest BCUT2D eigenvalue weighted by molar-refractivity contribution is 5.98. The first-order valence-corrected chi connectivity index (χ1v) is 10.1. The summed E-state index contributed by atoms with van der Waals surface area (Å²) in [6.45, 7) is 5.26. The Morgan fingerprint density at radius 1 is 1.18 bits per heavy atom. The van der Waals surface area contributed by atoms with Crippen LogP contribution in [-0.4, -0.2) is 66.2 Å². The Balaban J connectivity index is 1.61. The summed E-state index contributed by atoms with van der Waals surface area (Å²) in [6, 6.07) is 7.72. The quantitative estimate of drug-likeness (QED) is 0.682. The number of benzene rings is 1. The Kier molecular flexibility index (Phi) is 6.67. The van der Waals surface area contributed by atoms with Crippen molar-refractivity contribution in [2.24, 2.45) is 0 Å². The molecule has 152 valence electrons. The lowest BCUT2D eigenvalue weighted by atomic mass is 9.82. The molecule has 28 heavy (non-hydrogen) atoms. The lowest BCUT2D eigenvalue weighted by molar-refractivity contribution is -0.157. The van der Waals surface area contributed by atoms with Crippen LogP contribution in [0.5, 0.6) is 5.75 Å². The molecule has 0 unspecified atom stereocenters. The zero-order valence-electron chi connectivity index (χ0n) is 16.5. The van der Waals surface area contributed by atoms with E-state index in [0.717, 1.165) is 44.3 Å². The summed E-state index contributed by atoms with van der Waals surface area (Å²) in [5.41, 5.74) is 0.467. The predicted molar refractivity (Wildman–Crippen MR) is 105 cm³/mol. The number of piperazine rings is 1. The zero-order chi connectivity index (χ0) is 20.0. The summed E-state index contributed by atoms with van der Waals surface area (Å²) in [4.78, 5) is 39.7. The van der Waals surface area contributed by atoms with Crippen molar-refractivity contribution in [1.29, 1.82) is 0 Å². The first-order valence-electron chi connectivity index (χ1n) is 10.1. The normalized spacial score (nSPS) is 19.5. The highest BCUT2D eigenvalue weighted by Crippen LogP contribution is 2.32. The molecule has 2 amide bonds. The van der Waals surface area contributed by atoms with E-state index in [1.54, 1.807) is 0 Å². The molecule has 7 heteroatoms. The van der Waals surface area contributed by atoms with Crippen molar-refractivity contribution in [3.05, 3.63) is 29.8 Å². The second-order valence-electron chi connectivity index (χ2n) is 7.51. The monoisotopic (exact) mass is 387 g/mol. The molecule has 0 aromatic heterocycles. The topological polar surface area (TPSA) is 79.0 Å². The van der Waals surface area contributed by atoms with Crippen LogP contribution in [-0.2, 0) is 20.9 Å². The standard InChI is InChI=1S/C21H29N3O4/c1-2-3-10-24-19(26)15-22-20(27)21(24)8-11-23(12-9-21)16-17-4-6-18(7-5-17)28-14-13-25/h4-7,13H,2-3,8-12,14-16H2,1H3,(H,22,27). The maximum absolute atomic E-state index is 12.7. The Labute approximate surface area is 166 Å². The lowest BCUT2D eigenvalue weighted by Gasteiger charge is -2.50. The van der Waals surface area contributed by atoms with Crippen molar-refractivity contribution >= 4 is 18.1 Å². The molecule has 2 saturated heterocycles. The van der Waals surface area contributed by atoms with Crippen LogP contribution < -0.4 is 10.1 Å². The molecule has 0 aliphatic carbocycles. The molecule has 0 bridgehead atoms. The van der Waals surface area contributed by atoms with E-state index in [0.29, 0.717) is 25.1 Å². The van der Waals surface area contributed by atoms with Gasteiger partial charge in [0.1, 0.15) is 17.9 Å². The van der Waals surface area contributed by atoms with Gasteiger partial charge in [-0.15, -0.1) is 0 Å². The van der Waals surface area contributed by atoms with Gasteiger partial charge in [-0.25, -0.2) is 0 Å². The summed E-state index contributed by atoms with van der Waals surface area (Å²) in [7, 11) is 0. The zero-order valence-corrected chi connectivity index (χ0v) is 16.5. The summed E-state index contributed by atoms with van der Waals surface area (Å²) in [6.07, 6.45) is 3.97. The van der Waals surface area contributed by atoms with Crippen molar-refractivity contribution in [2.45, 2.75) is 44.7 Å². The Morgan fingerprint density at radius 2 is 1.89 bits per heavy atom. The maximum atomic E-state index is 12.7.